The van der Waals surface area contributed by atoms with E-state index < -0.39 is 0 Å². The molecule has 0 N–H and O–H groups in total. The highest BCUT2D eigenvalue weighted by atomic mass is 32.1. The number of benzene rings is 1. The predicted octanol–water partition coefficient (Wildman–Crippen LogP) is 5.41. The van der Waals surface area contributed by atoms with Crippen molar-refractivity contribution in [2.75, 3.05) is 0 Å². The lowest BCUT2D eigenvalue weighted by Crippen LogP contribution is -1.47. The summed E-state index contributed by atoms with van der Waals surface area (Å²) in [6, 6.07) is 16.2. The normalized spacial score (nSPS) is 7.13. The van der Waals surface area contributed by atoms with E-state index in [0.29, 0.717) is 0 Å². The third kappa shape index (κ3) is 10.8. The molecule has 1 aromatic carbocycles. The summed E-state index contributed by atoms with van der Waals surface area (Å²) in [7, 11) is 0. The third-order valence-corrected chi connectivity index (χ3v) is 2.13. The lowest BCUT2D eigenvalue weighted by atomic mass is 10.4. The van der Waals surface area contributed by atoms with Gasteiger partial charge in [0.05, 0.1) is 0 Å². The molecule has 1 heterocycles. The van der Waals surface area contributed by atoms with Crippen LogP contribution in [0.3, 0.4) is 0 Å². The van der Waals surface area contributed by atoms with Crippen LogP contribution >= 0.6 is 11.3 Å². The van der Waals surface area contributed by atoms with Gasteiger partial charge in [0.1, 0.15) is 0 Å². The topological polar surface area (TPSA) is 0 Å². The molecule has 0 aliphatic carbocycles. The van der Waals surface area contributed by atoms with Gasteiger partial charge in [-0.15, -0.1) is 11.3 Å². The summed E-state index contributed by atoms with van der Waals surface area (Å²) in [6.07, 6.45) is 0. The first-order chi connectivity index (χ1) is 6.89. The van der Waals surface area contributed by atoms with Gasteiger partial charge in [-0.1, -0.05) is 63.7 Å². The van der Waals surface area contributed by atoms with Crippen molar-refractivity contribution in [3.63, 3.8) is 0 Å². The Hall–Kier alpha value is -1.08. The van der Waals surface area contributed by atoms with Crippen LogP contribution in [0.4, 0.5) is 0 Å². The summed E-state index contributed by atoms with van der Waals surface area (Å²) < 4.78 is 0. The first kappa shape index (κ1) is 16.4. The minimum atomic E-state index is 0. The van der Waals surface area contributed by atoms with Crippen LogP contribution in [-0.2, 0) is 0 Å². The van der Waals surface area contributed by atoms with E-state index in [4.69, 9.17) is 0 Å². The van der Waals surface area contributed by atoms with Crippen molar-refractivity contribution in [1.29, 1.82) is 0 Å². The van der Waals surface area contributed by atoms with Crippen LogP contribution in [0.1, 0.15) is 26.2 Å². The lowest BCUT2D eigenvalue weighted by Gasteiger charge is -1.69. The molecule has 0 nitrogen and oxygen atoms in total. The fourth-order valence-electron chi connectivity index (χ4n) is 0.746. The maximum Gasteiger partial charge on any atom is 0.00141 e. The van der Waals surface area contributed by atoms with E-state index in [1.54, 1.807) is 11.3 Å². The van der Waals surface area contributed by atoms with Gasteiger partial charge in [-0.2, -0.15) is 0 Å². The summed E-state index contributed by atoms with van der Waals surface area (Å²) in [5.41, 5.74) is 0. The Labute approximate surface area is 98.6 Å². The average molecular weight is 222 g/mol. The molecule has 0 aliphatic heterocycles. The molecule has 0 spiro atoms. The molecule has 0 saturated heterocycles. The van der Waals surface area contributed by atoms with Crippen molar-refractivity contribution < 1.29 is 0 Å². The molecule has 84 valence electrons. The van der Waals surface area contributed by atoms with Gasteiger partial charge < -0.3 is 0 Å². The van der Waals surface area contributed by atoms with E-state index >= 15 is 0 Å². The van der Waals surface area contributed by atoms with Crippen molar-refractivity contribution in [3.8, 4) is 0 Å². The first-order valence-electron chi connectivity index (χ1n) is 4.90. The second-order valence-electron chi connectivity index (χ2n) is 2.38. The zero-order valence-electron chi connectivity index (χ0n) is 9.10. The van der Waals surface area contributed by atoms with Gasteiger partial charge in [-0.25, -0.2) is 0 Å². The van der Waals surface area contributed by atoms with Gasteiger partial charge >= 0.3 is 0 Å². The molecular weight excluding hydrogens is 200 g/mol. The highest BCUT2D eigenvalue weighted by molar-refractivity contribution is 7.09. The van der Waals surface area contributed by atoms with Crippen LogP contribution < -0.4 is 0 Å². The molecule has 2 rings (SSSR count). The van der Waals surface area contributed by atoms with E-state index in [9.17, 15) is 0 Å². The summed E-state index contributed by atoms with van der Waals surface area (Å²) >= 11 is 1.78. The molecular formula is C14H22S. The Balaban J connectivity index is 0. The van der Waals surface area contributed by atoms with Gasteiger partial charge in [0.15, 0.2) is 0 Å². The van der Waals surface area contributed by atoms with Crippen molar-refractivity contribution in [2.24, 2.45) is 0 Å². The summed E-state index contributed by atoms with van der Waals surface area (Å²) in [4.78, 5) is 1.38. The number of aryl methyl sites for hydroxylation is 1. The maximum atomic E-state index is 2.10. The molecule has 15 heavy (non-hydrogen) atoms. The van der Waals surface area contributed by atoms with Crippen LogP contribution in [0.25, 0.3) is 0 Å². The number of thiophene rings is 1. The second-order valence-corrected chi connectivity index (χ2v) is 3.53. The minimum Gasteiger partial charge on any atom is -0.149 e. The lowest BCUT2D eigenvalue weighted by molar-refractivity contribution is 1.50. The summed E-state index contributed by atoms with van der Waals surface area (Å²) in [5.74, 6) is 0. The van der Waals surface area contributed by atoms with Gasteiger partial charge in [-0.05, 0) is 18.4 Å². The van der Waals surface area contributed by atoms with Gasteiger partial charge in [0.2, 0.25) is 0 Å². The predicted molar refractivity (Wildman–Crippen MR) is 73.6 cm³/mol. The van der Waals surface area contributed by atoms with E-state index in [0.717, 1.165) is 0 Å². The Bertz CT molecular complexity index is 245. The zero-order valence-corrected chi connectivity index (χ0v) is 9.92. The van der Waals surface area contributed by atoms with Crippen LogP contribution in [-0.4, -0.2) is 0 Å². The molecule has 0 saturated carbocycles. The van der Waals surface area contributed by atoms with Gasteiger partial charge in [0.25, 0.3) is 0 Å². The van der Waals surface area contributed by atoms with E-state index in [2.05, 4.69) is 24.4 Å². The molecule has 1 heteroatoms. The first-order valence-corrected chi connectivity index (χ1v) is 5.77. The third-order valence-electron chi connectivity index (χ3n) is 1.33. The maximum absolute atomic E-state index is 2.10. The SMILES string of the molecule is C.CC.Cc1cccs1.c1ccccc1. The molecule has 1 aromatic heterocycles. The van der Waals surface area contributed by atoms with Crippen LogP contribution in [0, 0.1) is 6.92 Å². The van der Waals surface area contributed by atoms with Crippen molar-refractivity contribution in [1.82, 2.24) is 0 Å². The van der Waals surface area contributed by atoms with Crippen molar-refractivity contribution >= 4 is 11.3 Å². The van der Waals surface area contributed by atoms with Crippen LogP contribution in [0.2, 0.25) is 0 Å². The molecule has 0 aliphatic rings. The fraction of sp³-hybridized carbons (Fsp3) is 0.286. The number of rotatable bonds is 0. The molecule has 0 radical (unpaired) electrons. The molecule has 0 atom stereocenters. The standard InChI is InChI=1S/C6H6.C5H6S.C2H6.CH4/c1-2-4-6-5-3-1;1-5-3-2-4-6-5;1-2;/h1-6H;2-4H,1H3;1-2H3;1H4. The smallest absolute Gasteiger partial charge is 0.00141 e. The van der Waals surface area contributed by atoms with Crippen LogP contribution in [0.5, 0.6) is 0 Å². The van der Waals surface area contributed by atoms with Gasteiger partial charge in [-0.3, -0.25) is 0 Å². The fourth-order valence-corrected chi connectivity index (χ4v) is 1.27. The monoisotopic (exact) mass is 222 g/mol. The van der Waals surface area contributed by atoms with Gasteiger partial charge in [0, 0.05) is 4.88 Å². The molecule has 2 aromatic rings. The molecule has 0 bridgehead atoms. The Morgan fingerprint density at radius 2 is 1.20 bits per heavy atom. The molecule has 0 unspecified atom stereocenters. The van der Waals surface area contributed by atoms with Crippen molar-refractivity contribution in [2.45, 2.75) is 28.2 Å². The largest absolute Gasteiger partial charge is 0.149 e. The average Bonchev–Trinajstić information content (AvgIpc) is 2.76. The quantitative estimate of drug-likeness (QED) is 0.559. The summed E-state index contributed by atoms with van der Waals surface area (Å²) in [6.45, 7) is 6.10. The van der Waals surface area contributed by atoms with Crippen molar-refractivity contribution in [3.05, 3.63) is 58.8 Å². The molecule has 0 fully saturated rings. The molecule has 0 amide bonds. The van der Waals surface area contributed by atoms with Crippen LogP contribution in [0.15, 0.2) is 53.9 Å². The summed E-state index contributed by atoms with van der Waals surface area (Å²) in [5, 5.41) is 2.08. The second kappa shape index (κ2) is 12.9. The number of hydrogen-bond acceptors (Lipinski definition) is 1. The van der Waals surface area contributed by atoms with E-state index in [1.165, 1.54) is 4.88 Å². The Morgan fingerprint density at radius 3 is 1.33 bits per heavy atom. The Kier molecular flexibility index (Phi) is 14.1. The minimum absolute atomic E-state index is 0. The highest BCUT2D eigenvalue weighted by Gasteiger charge is 1.74. The number of hydrogen-bond donors (Lipinski definition) is 0. The Morgan fingerprint density at radius 1 is 0.800 bits per heavy atom. The highest BCUT2D eigenvalue weighted by Crippen LogP contribution is 2.03. The zero-order chi connectivity index (χ0) is 10.6. The van der Waals surface area contributed by atoms with E-state index in [-0.39, 0.29) is 7.43 Å². The van der Waals surface area contributed by atoms with E-state index in [1.807, 2.05) is 50.2 Å².